The van der Waals surface area contributed by atoms with Crippen molar-refractivity contribution in [3.05, 3.63) is 0 Å². The molecule has 0 unspecified atom stereocenters. The van der Waals surface area contributed by atoms with Crippen LogP contribution in [0.15, 0.2) is 0 Å². The van der Waals surface area contributed by atoms with Crippen LogP contribution in [0.5, 0.6) is 0 Å². The maximum atomic E-state index is 11.8. The molecule has 0 aromatic rings. The molecule has 10 heteroatoms. The molecule has 1 rings (SSSR count). The molecule has 106 valence electrons. The fourth-order valence-corrected chi connectivity index (χ4v) is 4.94. The van der Waals surface area contributed by atoms with E-state index in [0.717, 1.165) is 6.26 Å². The third-order valence-corrected chi connectivity index (χ3v) is 5.63. The van der Waals surface area contributed by atoms with Gasteiger partial charge in [0.25, 0.3) is 0 Å². The second-order valence-electron chi connectivity index (χ2n) is 4.26. The van der Waals surface area contributed by atoms with E-state index < -0.39 is 49.5 Å². The lowest BCUT2D eigenvalue weighted by Gasteiger charge is -2.20. The van der Waals surface area contributed by atoms with E-state index in [1.54, 1.807) is 0 Å². The first-order valence-electron chi connectivity index (χ1n) is 5.11. The van der Waals surface area contributed by atoms with Gasteiger partial charge >= 0.3 is 5.97 Å². The van der Waals surface area contributed by atoms with Crippen molar-refractivity contribution in [1.29, 1.82) is 0 Å². The van der Waals surface area contributed by atoms with Gasteiger partial charge in [-0.15, -0.1) is 0 Å². The molecule has 0 aromatic carbocycles. The van der Waals surface area contributed by atoms with Crippen LogP contribution in [0.4, 0.5) is 0 Å². The summed E-state index contributed by atoms with van der Waals surface area (Å²) in [5, 5.41) is 18.2. The minimum Gasteiger partial charge on any atom is -0.480 e. The van der Waals surface area contributed by atoms with Crippen LogP contribution in [0.25, 0.3) is 0 Å². The molecule has 0 bridgehead atoms. The van der Waals surface area contributed by atoms with Gasteiger partial charge in [-0.25, -0.2) is 16.8 Å². The summed E-state index contributed by atoms with van der Waals surface area (Å²) < 4.78 is 46.2. The Morgan fingerprint density at radius 2 is 1.83 bits per heavy atom. The summed E-state index contributed by atoms with van der Waals surface area (Å²) >= 11 is 0. The van der Waals surface area contributed by atoms with Gasteiger partial charge in [-0.3, -0.25) is 4.79 Å². The highest BCUT2D eigenvalue weighted by Crippen LogP contribution is 2.22. The molecule has 0 amide bonds. The molecule has 8 nitrogen and oxygen atoms in total. The second-order valence-corrected chi connectivity index (χ2v) is 8.56. The molecular formula is C8H15NO7S2. The molecule has 2 atom stereocenters. The average Bonchev–Trinajstić information content (AvgIpc) is 2.57. The van der Waals surface area contributed by atoms with Crippen LogP contribution in [0.2, 0.25) is 0 Å². The second kappa shape index (κ2) is 5.11. The quantitative estimate of drug-likeness (QED) is 0.594. The van der Waals surface area contributed by atoms with Gasteiger partial charge < -0.3 is 10.2 Å². The van der Waals surface area contributed by atoms with E-state index in [2.05, 4.69) is 0 Å². The summed E-state index contributed by atoms with van der Waals surface area (Å²) in [7, 11) is -7.46. The van der Waals surface area contributed by atoms with E-state index in [1.807, 2.05) is 0 Å². The van der Waals surface area contributed by atoms with Crippen molar-refractivity contribution >= 4 is 25.8 Å². The van der Waals surface area contributed by atoms with Crippen molar-refractivity contribution in [1.82, 2.24) is 4.31 Å². The molecule has 0 aliphatic carbocycles. The van der Waals surface area contributed by atoms with Crippen molar-refractivity contribution < 1.29 is 31.8 Å². The first-order chi connectivity index (χ1) is 8.03. The SMILES string of the molecule is CS(=O)(=O)CCS(=O)(=O)N1C[C@H](O)C[C@H]1C(=O)O. The summed E-state index contributed by atoms with van der Waals surface area (Å²) in [5.74, 6) is -2.61. The number of rotatable bonds is 5. The summed E-state index contributed by atoms with van der Waals surface area (Å²) in [6.07, 6.45) is -0.331. The largest absolute Gasteiger partial charge is 0.480 e. The Bertz CT molecular complexity index is 524. The van der Waals surface area contributed by atoms with Gasteiger partial charge in [0.05, 0.1) is 17.6 Å². The number of nitrogens with zero attached hydrogens (tertiary/aromatic N) is 1. The van der Waals surface area contributed by atoms with Crippen LogP contribution in [0.1, 0.15) is 6.42 Å². The van der Waals surface area contributed by atoms with Crippen molar-refractivity contribution in [3.8, 4) is 0 Å². The van der Waals surface area contributed by atoms with Gasteiger partial charge in [0.2, 0.25) is 10.0 Å². The third kappa shape index (κ3) is 3.90. The number of carbonyl (C=O) groups is 1. The number of sulfonamides is 1. The van der Waals surface area contributed by atoms with Crippen molar-refractivity contribution in [3.63, 3.8) is 0 Å². The summed E-state index contributed by atoms with van der Waals surface area (Å²) in [6.45, 7) is -0.316. The van der Waals surface area contributed by atoms with E-state index in [0.29, 0.717) is 4.31 Å². The number of hydrogen-bond acceptors (Lipinski definition) is 6. The molecule has 1 aliphatic rings. The van der Waals surface area contributed by atoms with Gasteiger partial charge in [0, 0.05) is 19.2 Å². The summed E-state index contributed by atoms with van der Waals surface area (Å²) in [4.78, 5) is 10.9. The molecule has 0 saturated carbocycles. The van der Waals surface area contributed by atoms with E-state index in [4.69, 9.17) is 5.11 Å². The number of carboxylic acid groups (broad SMARTS) is 1. The first kappa shape index (κ1) is 15.3. The smallest absolute Gasteiger partial charge is 0.322 e. The zero-order valence-electron chi connectivity index (χ0n) is 9.68. The number of carboxylic acids is 1. The lowest BCUT2D eigenvalue weighted by Crippen LogP contribution is -2.42. The molecule has 1 saturated heterocycles. The number of aliphatic carboxylic acids is 1. The van der Waals surface area contributed by atoms with E-state index in [1.165, 1.54) is 0 Å². The average molecular weight is 301 g/mol. The van der Waals surface area contributed by atoms with Crippen molar-refractivity contribution in [2.75, 3.05) is 24.3 Å². The Balaban J connectivity index is 2.87. The van der Waals surface area contributed by atoms with Crippen LogP contribution in [0, 0.1) is 0 Å². The number of sulfone groups is 1. The molecule has 0 aromatic heterocycles. The van der Waals surface area contributed by atoms with Gasteiger partial charge in [-0.2, -0.15) is 4.31 Å². The Morgan fingerprint density at radius 1 is 1.28 bits per heavy atom. The van der Waals surface area contributed by atoms with Crippen molar-refractivity contribution in [2.45, 2.75) is 18.6 Å². The number of aliphatic hydroxyl groups excluding tert-OH is 1. The lowest BCUT2D eigenvalue weighted by molar-refractivity contribution is -0.140. The monoisotopic (exact) mass is 301 g/mol. The standard InChI is InChI=1S/C8H15NO7S2/c1-17(13,14)2-3-18(15,16)9-5-6(10)4-7(9)8(11)12/h6-7,10H,2-5H2,1H3,(H,11,12)/t6-,7+/m1/s1. The zero-order valence-corrected chi connectivity index (χ0v) is 11.3. The molecule has 1 heterocycles. The normalized spacial score (nSPS) is 26.3. The molecule has 0 spiro atoms. The Labute approximate surface area is 105 Å². The van der Waals surface area contributed by atoms with Crippen molar-refractivity contribution in [2.24, 2.45) is 0 Å². The predicted molar refractivity (Wildman–Crippen MR) is 62.3 cm³/mol. The van der Waals surface area contributed by atoms with Gasteiger partial charge in [0.1, 0.15) is 15.9 Å². The lowest BCUT2D eigenvalue weighted by atomic mass is 10.2. The molecular weight excluding hydrogens is 286 g/mol. The van der Waals surface area contributed by atoms with Gasteiger partial charge in [-0.1, -0.05) is 0 Å². The van der Waals surface area contributed by atoms with Gasteiger partial charge in [0.15, 0.2) is 0 Å². The van der Waals surface area contributed by atoms with Gasteiger partial charge in [-0.05, 0) is 0 Å². The highest BCUT2D eigenvalue weighted by atomic mass is 32.2. The molecule has 1 fully saturated rings. The Hall–Kier alpha value is -0.710. The van der Waals surface area contributed by atoms with E-state index >= 15 is 0 Å². The maximum Gasteiger partial charge on any atom is 0.322 e. The van der Waals surface area contributed by atoms with Crippen LogP contribution < -0.4 is 0 Å². The fraction of sp³-hybridized carbons (Fsp3) is 0.875. The minimum absolute atomic E-state index is 0.187. The fourth-order valence-electron chi connectivity index (χ4n) is 1.69. The number of aliphatic hydroxyl groups is 1. The maximum absolute atomic E-state index is 11.8. The van der Waals surface area contributed by atoms with E-state index in [-0.39, 0.29) is 13.0 Å². The summed E-state index contributed by atoms with van der Waals surface area (Å²) in [6, 6.07) is -1.33. The number of hydrogen-bond donors (Lipinski definition) is 2. The Kier molecular flexibility index (Phi) is 4.36. The Morgan fingerprint density at radius 3 is 2.28 bits per heavy atom. The topological polar surface area (TPSA) is 129 Å². The molecule has 0 radical (unpaired) electrons. The molecule has 1 aliphatic heterocycles. The van der Waals surface area contributed by atoms with Crippen LogP contribution in [-0.4, -0.2) is 73.8 Å². The molecule has 2 N–H and O–H groups in total. The van der Waals surface area contributed by atoms with Crippen LogP contribution >= 0.6 is 0 Å². The highest BCUT2D eigenvalue weighted by molar-refractivity contribution is 7.93. The minimum atomic E-state index is -4.01. The summed E-state index contributed by atoms with van der Waals surface area (Å²) in [5.41, 5.74) is 0. The van der Waals surface area contributed by atoms with Crippen LogP contribution in [0.3, 0.4) is 0 Å². The third-order valence-electron chi connectivity index (χ3n) is 2.59. The predicted octanol–water partition coefficient (Wildman–Crippen LogP) is -2.12. The number of β-amino-alcohol motifs (C(OH)–C–C–N with tert-alkyl or cyclic N) is 1. The first-order valence-corrected chi connectivity index (χ1v) is 8.78. The van der Waals surface area contributed by atoms with Crippen LogP contribution in [-0.2, 0) is 24.7 Å². The zero-order chi connectivity index (χ0) is 14.1. The highest BCUT2D eigenvalue weighted by Gasteiger charge is 2.42. The van der Waals surface area contributed by atoms with E-state index in [9.17, 15) is 26.7 Å². The molecule has 18 heavy (non-hydrogen) atoms.